The number of hydrogen-bond acceptors (Lipinski definition) is 4. The van der Waals surface area contributed by atoms with Crippen LogP contribution in [0.1, 0.15) is 45.6 Å². The quantitative estimate of drug-likeness (QED) is 0.686. The molecule has 2 amide bonds. The first-order valence-electron chi connectivity index (χ1n) is 9.84. The first-order valence-corrected chi connectivity index (χ1v) is 9.84. The molecular weight excluding hydrogens is 378 g/mol. The van der Waals surface area contributed by atoms with Gasteiger partial charge in [0.25, 0.3) is 5.91 Å². The van der Waals surface area contributed by atoms with Crippen LogP contribution >= 0.6 is 0 Å². The molecule has 0 saturated carbocycles. The molecule has 0 spiro atoms. The summed E-state index contributed by atoms with van der Waals surface area (Å²) in [7, 11) is 1.61. The molecule has 1 aliphatic carbocycles. The van der Waals surface area contributed by atoms with Crippen LogP contribution in [0.5, 0.6) is 5.75 Å². The zero-order valence-corrected chi connectivity index (χ0v) is 16.7. The second kappa shape index (κ2) is 8.37. The van der Waals surface area contributed by atoms with Gasteiger partial charge in [-0.3, -0.25) is 14.6 Å². The topological polar surface area (TPSA) is 85.5 Å². The highest BCUT2D eigenvalue weighted by atomic mass is 16.5. The van der Waals surface area contributed by atoms with Gasteiger partial charge in [0, 0.05) is 23.5 Å². The lowest BCUT2D eigenvalue weighted by Crippen LogP contribution is -2.43. The molecule has 6 nitrogen and oxygen atoms in total. The number of carbonyl (C=O) groups is 2. The predicted molar refractivity (Wildman–Crippen MR) is 113 cm³/mol. The van der Waals surface area contributed by atoms with E-state index in [1.54, 1.807) is 60.8 Å². The van der Waals surface area contributed by atoms with Crippen molar-refractivity contribution in [2.45, 2.75) is 24.9 Å². The normalized spacial score (nSPS) is 15.8. The number of rotatable bonds is 6. The van der Waals surface area contributed by atoms with Gasteiger partial charge in [0.2, 0.25) is 5.91 Å². The number of nitrogens with zero attached hydrogens (tertiary/aromatic N) is 2. The molecule has 0 unspecified atom stereocenters. The van der Waals surface area contributed by atoms with Crippen LogP contribution in [0.3, 0.4) is 0 Å². The van der Waals surface area contributed by atoms with Crippen molar-refractivity contribution in [3.63, 3.8) is 0 Å². The average Bonchev–Trinajstić information content (AvgIpc) is 3.20. The van der Waals surface area contributed by atoms with E-state index in [4.69, 9.17) is 10.5 Å². The average molecular weight is 401 g/mol. The number of ether oxygens (including phenoxy) is 1. The SMILES string of the molecule is COc1ccc2c(c1)[C@H](N(C(=O)c1ccccc1)[C@@H](C(N)=O)c1cccnc1)CC2. The van der Waals surface area contributed by atoms with Gasteiger partial charge in [-0.1, -0.05) is 30.3 Å². The van der Waals surface area contributed by atoms with Crippen molar-refractivity contribution >= 4 is 11.8 Å². The lowest BCUT2D eigenvalue weighted by atomic mass is 9.98. The number of amides is 2. The molecule has 3 aromatic rings. The zero-order chi connectivity index (χ0) is 21.1. The van der Waals surface area contributed by atoms with E-state index in [1.807, 2.05) is 24.3 Å². The molecule has 4 rings (SSSR count). The summed E-state index contributed by atoms with van der Waals surface area (Å²) in [6, 6.07) is 17.1. The van der Waals surface area contributed by atoms with Gasteiger partial charge in [-0.05, 0) is 54.3 Å². The van der Waals surface area contributed by atoms with Gasteiger partial charge in [0.05, 0.1) is 13.2 Å². The predicted octanol–water partition coefficient (Wildman–Crippen LogP) is 3.45. The largest absolute Gasteiger partial charge is 0.497 e. The van der Waals surface area contributed by atoms with Gasteiger partial charge in [-0.25, -0.2) is 0 Å². The fourth-order valence-electron chi connectivity index (χ4n) is 4.14. The van der Waals surface area contributed by atoms with Gasteiger partial charge in [-0.15, -0.1) is 0 Å². The summed E-state index contributed by atoms with van der Waals surface area (Å²) < 4.78 is 5.40. The standard InChI is InChI=1S/C24H23N3O3/c1-30-19-11-9-16-10-12-21(20(16)14-19)27(24(29)17-6-3-2-4-7-17)22(23(25)28)18-8-5-13-26-15-18/h2-9,11,13-15,21-22H,10,12H2,1H3,(H2,25,28)/t21-,22-/m1/s1. The first-order chi connectivity index (χ1) is 14.6. The van der Waals surface area contributed by atoms with Crippen molar-refractivity contribution in [1.29, 1.82) is 0 Å². The number of hydrogen-bond donors (Lipinski definition) is 1. The Morgan fingerprint density at radius 1 is 1.13 bits per heavy atom. The molecule has 0 fully saturated rings. The molecule has 1 aromatic heterocycles. The summed E-state index contributed by atoms with van der Waals surface area (Å²) in [6.07, 6.45) is 4.72. The van der Waals surface area contributed by atoms with Gasteiger partial charge in [0.1, 0.15) is 11.8 Å². The van der Waals surface area contributed by atoms with Gasteiger partial charge < -0.3 is 15.4 Å². The third kappa shape index (κ3) is 3.64. The monoisotopic (exact) mass is 401 g/mol. The number of aromatic nitrogens is 1. The van der Waals surface area contributed by atoms with Crippen molar-refractivity contribution in [1.82, 2.24) is 9.88 Å². The van der Waals surface area contributed by atoms with Gasteiger partial charge in [-0.2, -0.15) is 0 Å². The number of methoxy groups -OCH3 is 1. The lowest BCUT2D eigenvalue weighted by molar-refractivity contribution is -0.123. The number of carbonyl (C=O) groups excluding carboxylic acids is 2. The summed E-state index contributed by atoms with van der Waals surface area (Å²) >= 11 is 0. The van der Waals surface area contributed by atoms with Crippen LogP contribution in [-0.4, -0.2) is 28.8 Å². The number of primary amides is 1. The minimum atomic E-state index is -0.937. The highest BCUT2D eigenvalue weighted by Gasteiger charge is 2.39. The molecule has 6 heteroatoms. The molecule has 0 bridgehead atoms. The molecule has 0 saturated heterocycles. The number of fused-ring (bicyclic) bond motifs is 1. The van der Waals surface area contributed by atoms with E-state index >= 15 is 0 Å². The maximum absolute atomic E-state index is 13.7. The maximum Gasteiger partial charge on any atom is 0.255 e. The van der Waals surface area contributed by atoms with Gasteiger partial charge in [0.15, 0.2) is 0 Å². The summed E-state index contributed by atoms with van der Waals surface area (Å²) in [5.74, 6) is -0.127. The Labute approximate surface area is 175 Å². The van der Waals surface area contributed by atoms with Gasteiger partial charge >= 0.3 is 0 Å². The Kier molecular flexibility index (Phi) is 5.48. The van der Waals surface area contributed by atoms with Crippen LogP contribution in [0, 0.1) is 0 Å². The van der Waals surface area contributed by atoms with E-state index in [1.165, 1.54) is 0 Å². The number of benzene rings is 2. The van der Waals surface area contributed by atoms with Crippen LogP contribution in [-0.2, 0) is 11.2 Å². The number of aryl methyl sites for hydroxylation is 1. The molecule has 1 heterocycles. The first kappa shape index (κ1) is 19.6. The Bertz CT molecular complexity index is 1050. The van der Waals surface area contributed by atoms with Crippen molar-refractivity contribution < 1.29 is 14.3 Å². The molecule has 2 N–H and O–H groups in total. The van der Waals surface area contributed by atoms with E-state index in [9.17, 15) is 9.59 Å². The molecule has 1 aliphatic rings. The Balaban J connectivity index is 1.85. The number of nitrogens with two attached hydrogens (primary N) is 1. The Morgan fingerprint density at radius 2 is 1.93 bits per heavy atom. The third-order valence-electron chi connectivity index (χ3n) is 5.54. The molecule has 30 heavy (non-hydrogen) atoms. The Morgan fingerprint density at radius 3 is 2.60 bits per heavy atom. The minimum absolute atomic E-state index is 0.246. The van der Waals surface area contributed by atoms with E-state index in [-0.39, 0.29) is 11.9 Å². The van der Waals surface area contributed by atoms with Crippen LogP contribution in [0.15, 0.2) is 73.1 Å². The van der Waals surface area contributed by atoms with Crippen molar-refractivity contribution in [2.24, 2.45) is 5.73 Å². The maximum atomic E-state index is 13.7. The molecule has 0 radical (unpaired) electrons. The van der Waals surface area contributed by atoms with E-state index in [0.29, 0.717) is 23.3 Å². The lowest BCUT2D eigenvalue weighted by Gasteiger charge is -2.35. The third-order valence-corrected chi connectivity index (χ3v) is 5.54. The van der Waals surface area contributed by atoms with Crippen LogP contribution < -0.4 is 10.5 Å². The molecule has 2 aromatic carbocycles. The van der Waals surface area contributed by atoms with Crippen molar-refractivity contribution in [3.8, 4) is 5.75 Å². The molecule has 152 valence electrons. The second-order valence-electron chi connectivity index (χ2n) is 7.29. The minimum Gasteiger partial charge on any atom is -0.497 e. The van der Waals surface area contributed by atoms with Crippen molar-refractivity contribution in [3.05, 3.63) is 95.3 Å². The zero-order valence-electron chi connectivity index (χ0n) is 16.7. The molecule has 0 aliphatic heterocycles. The smallest absolute Gasteiger partial charge is 0.255 e. The molecule has 2 atom stereocenters. The van der Waals surface area contributed by atoms with E-state index < -0.39 is 11.9 Å². The van der Waals surface area contributed by atoms with E-state index in [2.05, 4.69) is 4.98 Å². The van der Waals surface area contributed by atoms with Crippen molar-refractivity contribution in [2.75, 3.05) is 7.11 Å². The summed E-state index contributed by atoms with van der Waals surface area (Å²) in [5, 5.41) is 0. The highest BCUT2D eigenvalue weighted by Crippen LogP contribution is 2.42. The van der Waals surface area contributed by atoms with Crippen LogP contribution in [0.25, 0.3) is 0 Å². The summed E-state index contributed by atoms with van der Waals surface area (Å²) in [6.45, 7) is 0. The van der Waals surface area contributed by atoms with E-state index in [0.717, 1.165) is 17.5 Å². The second-order valence-corrected chi connectivity index (χ2v) is 7.29. The molecular formula is C24H23N3O3. The van der Waals surface area contributed by atoms with Crippen LogP contribution in [0.4, 0.5) is 0 Å². The summed E-state index contributed by atoms with van der Waals surface area (Å²) in [5.41, 5.74) is 9.06. The number of pyridine rings is 1. The fraction of sp³-hybridized carbons (Fsp3) is 0.208. The summed E-state index contributed by atoms with van der Waals surface area (Å²) in [4.78, 5) is 32.1. The fourth-order valence-corrected chi connectivity index (χ4v) is 4.14. The Hall–Kier alpha value is -3.67. The highest BCUT2D eigenvalue weighted by molar-refractivity contribution is 5.98. The van der Waals surface area contributed by atoms with Crippen LogP contribution in [0.2, 0.25) is 0 Å².